The monoisotopic (exact) mass is 305 g/mol. The Labute approximate surface area is 111 Å². The highest BCUT2D eigenvalue weighted by atomic mass is 79.9. The Morgan fingerprint density at radius 1 is 1.44 bits per heavy atom. The first-order valence-electron chi connectivity index (χ1n) is 5.65. The minimum atomic E-state index is 0.386. The molecule has 16 heavy (non-hydrogen) atoms. The fourth-order valence-electron chi connectivity index (χ4n) is 1.37. The molecule has 0 bridgehead atoms. The van der Waals surface area contributed by atoms with E-state index < -0.39 is 0 Å². The van der Waals surface area contributed by atoms with Crippen LogP contribution in [0.15, 0.2) is 15.9 Å². The summed E-state index contributed by atoms with van der Waals surface area (Å²) >= 11 is 5.32. The Morgan fingerprint density at radius 2 is 2.19 bits per heavy atom. The van der Waals surface area contributed by atoms with Crippen molar-refractivity contribution in [1.29, 1.82) is 0 Å². The maximum absolute atomic E-state index is 5.52. The lowest BCUT2D eigenvalue weighted by Gasteiger charge is -2.13. The van der Waals surface area contributed by atoms with Gasteiger partial charge in [-0.3, -0.25) is 0 Å². The van der Waals surface area contributed by atoms with E-state index in [1.54, 1.807) is 11.3 Å². The lowest BCUT2D eigenvalue weighted by atomic mass is 10.2. The van der Waals surface area contributed by atoms with Crippen molar-refractivity contribution in [2.45, 2.75) is 26.8 Å². The average Bonchev–Trinajstić information content (AvgIpc) is 2.63. The molecule has 0 aliphatic heterocycles. The van der Waals surface area contributed by atoms with Crippen LogP contribution in [0.2, 0.25) is 0 Å². The predicted molar refractivity (Wildman–Crippen MR) is 74.1 cm³/mol. The van der Waals surface area contributed by atoms with Crippen molar-refractivity contribution in [2.75, 3.05) is 19.8 Å². The molecule has 1 atom stereocenters. The first kappa shape index (κ1) is 14.2. The largest absolute Gasteiger partial charge is 0.380 e. The minimum Gasteiger partial charge on any atom is -0.380 e. The summed E-state index contributed by atoms with van der Waals surface area (Å²) in [5, 5.41) is 5.56. The van der Waals surface area contributed by atoms with Crippen molar-refractivity contribution >= 4 is 27.3 Å². The molecule has 1 heterocycles. The predicted octanol–water partition coefficient (Wildman–Crippen LogP) is 3.83. The summed E-state index contributed by atoms with van der Waals surface area (Å²) in [6, 6.07) is 2.48. The summed E-state index contributed by atoms with van der Waals surface area (Å²) in [7, 11) is 0. The summed E-state index contributed by atoms with van der Waals surface area (Å²) in [5.41, 5.74) is 0. The SMILES string of the molecule is CC(C)COCCNC(C)c1sccc1Br. The van der Waals surface area contributed by atoms with Crippen LogP contribution >= 0.6 is 27.3 Å². The second-order valence-corrected chi connectivity index (χ2v) is 6.08. The lowest BCUT2D eigenvalue weighted by Crippen LogP contribution is -2.23. The van der Waals surface area contributed by atoms with Gasteiger partial charge in [0, 0.05) is 28.5 Å². The highest BCUT2D eigenvalue weighted by molar-refractivity contribution is 9.10. The highest BCUT2D eigenvalue weighted by Gasteiger charge is 2.09. The fraction of sp³-hybridized carbons (Fsp3) is 0.667. The van der Waals surface area contributed by atoms with Gasteiger partial charge in [-0.25, -0.2) is 0 Å². The number of nitrogens with one attached hydrogen (secondary N) is 1. The third-order valence-corrected chi connectivity index (χ3v) is 4.24. The van der Waals surface area contributed by atoms with Crippen molar-refractivity contribution < 1.29 is 4.74 Å². The van der Waals surface area contributed by atoms with E-state index in [2.05, 4.69) is 53.5 Å². The van der Waals surface area contributed by atoms with Crippen LogP contribution in [0.25, 0.3) is 0 Å². The molecule has 1 aromatic rings. The van der Waals surface area contributed by atoms with Crippen molar-refractivity contribution in [3.63, 3.8) is 0 Å². The minimum absolute atomic E-state index is 0.386. The molecular formula is C12H20BrNOS. The van der Waals surface area contributed by atoms with Gasteiger partial charge in [0.15, 0.2) is 0 Å². The summed E-state index contributed by atoms with van der Waals surface area (Å²) in [6.07, 6.45) is 0. The molecule has 0 saturated carbocycles. The number of hydrogen-bond donors (Lipinski definition) is 1. The van der Waals surface area contributed by atoms with Gasteiger partial charge in [0.2, 0.25) is 0 Å². The first-order valence-corrected chi connectivity index (χ1v) is 7.32. The second-order valence-electron chi connectivity index (χ2n) is 4.28. The molecule has 1 unspecified atom stereocenters. The molecule has 0 aromatic carbocycles. The van der Waals surface area contributed by atoms with Crippen molar-refractivity contribution in [2.24, 2.45) is 5.92 Å². The van der Waals surface area contributed by atoms with Crippen LogP contribution in [0, 0.1) is 5.92 Å². The van der Waals surface area contributed by atoms with E-state index in [9.17, 15) is 0 Å². The molecule has 0 spiro atoms. The van der Waals surface area contributed by atoms with Gasteiger partial charge in [-0.2, -0.15) is 0 Å². The van der Waals surface area contributed by atoms with E-state index in [0.29, 0.717) is 12.0 Å². The third-order valence-electron chi connectivity index (χ3n) is 2.19. The van der Waals surface area contributed by atoms with Crippen LogP contribution in [-0.2, 0) is 4.74 Å². The molecule has 0 aliphatic rings. The van der Waals surface area contributed by atoms with Crippen LogP contribution in [0.3, 0.4) is 0 Å². The Balaban J connectivity index is 2.16. The number of halogens is 1. The molecular weight excluding hydrogens is 286 g/mol. The molecule has 0 amide bonds. The summed E-state index contributed by atoms with van der Waals surface area (Å²) < 4.78 is 6.72. The van der Waals surface area contributed by atoms with Crippen LogP contribution in [0.5, 0.6) is 0 Å². The van der Waals surface area contributed by atoms with Gasteiger partial charge < -0.3 is 10.1 Å². The second kappa shape index (κ2) is 7.43. The van der Waals surface area contributed by atoms with Gasteiger partial charge in [-0.1, -0.05) is 13.8 Å². The molecule has 1 rings (SSSR count). The third kappa shape index (κ3) is 4.95. The van der Waals surface area contributed by atoms with Gasteiger partial charge in [0.25, 0.3) is 0 Å². The summed E-state index contributed by atoms with van der Waals surface area (Å²) in [6.45, 7) is 9.04. The Kier molecular flexibility index (Phi) is 6.58. The van der Waals surface area contributed by atoms with Crippen LogP contribution in [-0.4, -0.2) is 19.8 Å². The molecule has 1 N–H and O–H groups in total. The van der Waals surface area contributed by atoms with E-state index in [0.717, 1.165) is 19.8 Å². The summed E-state index contributed by atoms with van der Waals surface area (Å²) in [4.78, 5) is 1.35. The maximum atomic E-state index is 5.52. The maximum Gasteiger partial charge on any atom is 0.0591 e. The molecule has 1 aromatic heterocycles. The molecule has 2 nitrogen and oxygen atoms in total. The van der Waals surface area contributed by atoms with Crippen LogP contribution in [0.1, 0.15) is 31.7 Å². The van der Waals surface area contributed by atoms with Gasteiger partial charge in [-0.15, -0.1) is 11.3 Å². The van der Waals surface area contributed by atoms with E-state index in [1.165, 1.54) is 9.35 Å². The number of hydrogen-bond acceptors (Lipinski definition) is 3. The van der Waals surface area contributed by atoms with Crippen molar-refractivity contribution in [1.82, 2.24) is 5.32 Å². The Morgan fingerprint density at radius 3 is 2.75 bits per heavy atom. The molecule has 4 heteroatoms. The van der Waals surface area contributed by atoms with Crippen molar-refractivity contribution in [3.05, 3.63) is 20.8 Å². The Hall–Kier alpha value is 0.100. The van der Waals surface area contributed by atoms with E-state index in [1.807, 2.05) is 0 Å². The standard InChI is InChI=1S/C12H20BrNOS/c1-9(2)8-15-6-5-14-10(3)12-11(13)4-7-16-12/h4,7,9-10,14H,5-6,8H2,1-3H3. The van der Waals surface area contributed by atoms with E-state index in [4.69, 9.17) is 4.74 Å². The normalized spacial score (nSPS) is 13.3. The molecule has 92 valence electrons. The summed E-state index contributed by atoms with van der Waals surface area (Å²) in [5.74, 6) is 0.615. The highest BCUT2D eigenvalue weighted by Crippen LogP contribution is 2.28. The molecule has 0 radical (unpaired) electrons. The zero-order chi connectivity index (χ0) is 12.0. The van der Waals surface area contributed by atoms with Gasteiger partial charge >= 0.3 is 0 Å². The number of thiophene rings is 1. The van der Waals surface area contributed by atoms with Gasteiger partial charge in [0.1, 0.15) is 0 Å². The molecule has 0 fully saturated rings. The van der Waals surface area contributed by atoms with Gasteiger partial charge in [0.05, 0.1) is 6.61 Å². The van der Waals surface area contributed by atoms with Crippen LogP contribution in [0.4, 0.5) is 0 Å². The topological polar surface area (TPSA) is 21.3 Å². The molecule has 0 aliphatic carbocycles. The average molecular weight is 306 g/mol. The smallest absolute Gasteiger partial charge is 0.0591 e. The van der Waals surface area contributed by atoms with E-state index >= 15 is 0 Å². The zero-order valence-electron chi connectivity index (χ0n) is 10.1. The van der Waals surface area contributed by atoms with Crippen LogP contribution < -0.4 is 5.32 Å². The zero-order valence-corrected chi connectivity index (χ0v) is 12.5. The van der Waals surface area contributed by atoms with E-state index in [-0.39, 0.29) is 0 Å². The lowest BCUT2D eigenvalue weighted by molar-refractivity contribution is 0.110. The van der Waals surface area contributed by atoms with Gasteiger partial charge in [-0.05, 0) is 40.2 Å². The fourth-order valence-corrected chi connectivity index (χ4v) is 3.12. The first-order chi connectivity index (χ1) is 7.61. The number of rotatable bonds is 7. The van der Waals surface area contributed by atoms with Crippen molar-refractivity contribution in [3.8, 4) is 0 Å². The number of ether oxygens (including phenoxy) is 1. The Bertz CT molecular complexity index is 301. The molecule has 0 saturated heterocycles. The quantitative estimate of drug-likeness (QED) is 0.773.